The molecule has 0 atom stereocenters. The van der Waals surface area contributed by atoms with Crippen LogP contribution >= 0.6 is 0 Å². The Bertz CT molecular complexity index is 490. The fraction of sp³-hybridized carbons (Fsp3) is 0.455. The van der Waals surface area contributed by atoms with Gasteiger partial charge in [-0.05, 0) is 12.5 Å². The van der Waals surface area contributed by atoms with Crippen LogP contribution in [-0.4, -0.2) is 36.1 Å². The van der Waals surface area contributed by atoms with Crippen LogP contribution in [0.25, 0.3) is 0 Å². The molecule has 1 aliphatic heterocycles. The minimum absolute atomic E-state index is 0.0731. The minimum atomic E-state index is -0.579. The first-order valence-corrected chi connectivity index (χ1v) is 5.77. The molecule has 1 fully saturated rings. The van der Waals surface area contributed by atoms with Crippen molar-refractivity contribution >= 4 is 17.1 Å². The number of nitro benzene ring substituents is 2. The van der Waals surface area contributed by atoms with Crippen molar-refractivity contribution < 1.29 is 14.6 Å². The molecule has 1 heterocycles. The van der Waals surface area contributed by atoms with E-state index in [0.717, 1.165) is 0 Å². The van der Waals surface area contributed by atoms with E-state index in [1.807, 2.05) is 0 Å². The summed E-state index contributed by atoms with van der Waals surface area (Å²) in [5.41, 5.74) is 0.113. The van der Waals surface area contributed by atoms with E-state index < -0.39 is 9.85 Å². The molecule has 19 heavy (non-hydrogen) atoms. The highest BCUT2D eigenvalue weighted by Crippen LogP contribution is 2.38. The van der Waals surface area contributed by atoms with Crippen LogP contribution in [0.3, 0.4) is 0 Å². The van der Waals surface area contributed by atoms with E-state index in [9.17, 15) is 20.2 Å². The zero-order valence-corrected chi connectivity index (χ0v) is 10.4. The summed E-state index contributed by atoms with van der Waals surface area (Å²) in [4.78, 5) is 22.7. The van der Waals surface area contributed by atoms with Gasteiger partial charge in [0.25, 0.3) is 11.4 Å². The number of nitro groups is 2. The number of rotatable bonds is 3. The van der Waals surface area contributed by atoms with Crippen LogP contribution in [0, 0.1) is 27.2 Å². The maximum Gasteiger partial charge on any atom is 0.299 e. The van der Waals surface area contributed by atoms with Gasteiger partial charge in [-0.2, -0.15) is 0 Å². The van der Waals surface area contributed by atoms with Gasteiger partial charge in [0.05, 0.1) is 23.1 Å². The number of morpholine rings is 1. The minimum Gasteiger partial charge on any atom is -0.378 e. The van der Waals surface area contributed by atoms with Crippen LogP contribution in [-0.2, 0) is 4.74 Å². The Morgan fingerprint density at radius 2 is 1.58 bits per heavy atom. The Labute approximate surface area is 108 Å². The molecule has 102 valence electrons. The van der Waals surface area contributed by atoms with E-state index >= 15 is 0 Å². The fourth-order valence-corrected chi connectivity index (χ4v) is 2.13. The van der Waals surface area contributed by atoms with Crippen molar-refractivity contribution in [1.82, 2.24) is 0 Å². The molecule has 1 aromatic rings. The van der Waals surface area contributed by atoms with E-state index in [-0.39, 0.29) is 17.1 Å². The third-order valence-corrected chi connectivity index (χ3v) is 2.93. The van der Waals surface area contributed by atoms with E-state index in [1.165, 1.54) is 12.1 Å². The Balaban J connectivity index is 2.59. The number of nitrogens with zero attached hydrogens (tertiary/aromatic N) is 3. The molecule has 0 spiro atoms. The molecule has 1 aliphatic rings. The summed E-state index contributed by atoms with van der Waals surface area (Å²) < 4.78 is 5.16. The topological polar surface area (TPSA) is 98.8 Å². The van der Waals surface area contributed by atoms with Crippen molar-refractivity contribution in [3.8, 4) is 0 Å². The molecular weight excluding hydrogens is 254 g/mol. The van der Waals surface area contributed by atoms with Crippen LogP contribution in [0.4, 0.5) is 17.1 Å². The van der Waals surface area contributed by atoms with Gasteiger partial charge in [0.15, 0.2) is 5.69 Å². The number of anilines is 1. The SMILES string of the molecule is Cc1cc([N+](=O)[O-])c(N2CCOCC2)c([N+](=O)[O-])c1. The normalized spacial score (nSPS) is 15.3. The van der Waals surface area contributed by atoms with Crippen LogP contribution in [0.1, 0.15) is 5.56 Å². The van der Waals surface area contributed by atoms with E-state index in [4.69, 9.17) is 4.74 Å². The lowest BCUT2D eigenvalue weighted by molar-refractivity contribution is -0.392. The van der Waals surface area contributed by atoms with Gasteiger partial charge in [-0.1, -0.05) is 0 Å². The van der Waals surface area contributed by atoms with Crippen molar-refractivity contribution in [3.63, 3.8) is 0 Å². The predicted octanol–water partition coefficient (Wildman–Crippen LogP) is 1.65. The number of ether oxygens (including phenoxy) is 1. The second-order valence-electron chi connectivity index (χ2n) is 4.27. The summed E-state index contributed by atoms with van der Waals surface area (Å²) >= 11 is 0. The lowest BCUT2D eigenvalue weighted by Gasteiger charge is -2.28. The second kappa shape index (κ2) is 5.19. The molecule has 0 aliphatic carbocycles. The standard InChI is InChI=1S/C11H13N3O5/c1-8-6-9(13(15)16)11(10(7-8)14(17)18)12-2-4-19-5-3-12/h6-7H,2-5H2,1H3. The van der Waals surface area contributed by atoms with E-state index in [1.54, 1.807) is 11.8 Å². The average molecular weight is 267 g/mol. The molecule has 0 unspecified atom stereocenters. The fourth-order valence-electron chi connectivity index (χ4n) is 2.13. The first kappa shape index (κ1) is 13.2. The van der Waals surface area contributed by atoms with Crippen LogP contribution in [0.5, 0.6) is 0 Å². The van der Waals surface area contributed by atoms with E-state index in [2.05, 4.69) is 0 Å². The summed E-state index contributed by atoms with van der Waals surface area (Å²) in [6.07, 6.45) is 0. The molecule has 0 bridgehead atoms. The Morgan fingerprint density at radius 1 is 1.11 bits per heavy atom. The Hall–Kier alpha value is -2.22. The van der Waals surface area contributed by atoms with Crippen molar-refractivity contribution in [3.05, 3.63) is 37.9 Å². The zero-order valence-electron chi connectivity index (χ0n) is 10.4. The molecule has 0 amide bonds. The highest BCUT2D eigenvalue weighted by molar-refractivity contribution is 5.76. The van der Waals surface area contributed by atoms with Crippen molar-refractivity contribution in [2.24, 2.45) is 0 Å². The van der Waals surface area contributed by atoms with Crippen LogP contribution in [0.2, 0.25) is 0 Å². The quantitative estimate of drug-likeness (QED) is 0.609. The highest BCUT2D eigenvalue weighted by atomic mass is 16.6. The first-order valence-electron chi connectivity index (χ1n) is 5.77. The monoisotopic (exact) mass is 267 g/mol. The number of benzene rings is 1. The molecule has 0 saturated carbocycles. The molecule has 8 nitrogen and oxygen atoms in total. The first-order chi connectivity index (χ1) is 9.00. The third-order valence-electron chi connectivity index (χ3n) is 2.93. The molecule has 8 heteroatoms. The van der Waals surface area contributed by atoms with E-state index in [0.29, 0.717) is 31.9 Å². The average Bonchev–Trinajstić information content (AvgIpc) is 2.38. The highest BCUT2D eigenvalue weighted by Gasteiger charge is 2.31. The van der Waals surface area contributed by atoms with Crippen LogP contribution in [0.15, 0.2) is 12.1 Å². The van der Waals surface area contributed by atoms with Gasteiger partial charge in [0, 0.05) is 25.2 Å². The summed E-state index contributed by atoms with van der Waals surface area (Å²) in [5, 5.41) is 22.2. The number of hydrogen-bond acceptors (Lipinski definition) is 6. The number of aryl methyl sites for hydroxylation is 1. The third kappa shape index (κ3) is 2.63. The predicted molar refractivity (Wildman–Crippen MR) is 67.5 cm³/mol. The molecule has 0 radical (unpaired) electrons. The molecule has 2 rings (SSSR count). The van der Waals surface area contributed by atoms with Crippen molar-refractivity contribution in [2.75, 3.05) is 31.2 Å². The summed E-state index contributed by atoms with van der Waals surface area (Å²) in [6.45, 7) is 3.23. The molecule has 0 aromatic heterocycles. The van der Waals surface area contributed by atoms with Gasteiger partial charge >= 0.3 is 0 Å². The summed E-state index contributed by atoms with van der Waals surface area (Å²) in [7, 11) is 0. The van der Waals surface area contributed by atoms with Crippen molar-refractivity contribution in [2.45, 2.75) is 6.92 Å². The maximum absolute atomic E-state index is 11.1. The number of hydrogen-bond donors (Lipinski definition) is 0. The Kier molecular flexibility index (Phi) is 3.61. The molecule has 1 aromatic carbocycles. The van der Waals surface area contributed by atoms with Gasteiger partial charge in [-0.25, -0.2) is 0 Å². The maximum atomic E-state index is 11.1. The Morgan fingerprint density at radius 3 is 2.00 bits per heavy atom. The molecule has 0 N–H and O–H groups in total. The molecular formula is C11H13N3O5. The summed E-state index contributed by atoms with van der Waals surface area (Å²) in [6, 6.07) is 2.72. The van der Waals surface area contributed by atoms with Gasteiger partial charge in [-0.15, -0.1) is 0 Å². The molecule has 1 saturated heterocycles. The zero-order chi connectivity index (χ0) is 14.0. The van der Waals surface area contributed by atoms with Crippen LogP contribution < -0.4 is 4.90 Å². The van der Waals surface area contributed by atoms with Gasteiger partial charge in [0.2, 0.25) is 0 Å². The summed E-state index contributed by atoms with van der Waals surface area (Å²) in [5.74, 6) is 0. The lowest BCUT2D eigenvalue weighted by Crippen LogP contribution is -2.37. The smallest absolute Gasteiger partial charge is 0.299 e. The second-order valence-corrected chi connectivity index (χ2v) is 4.27. The van der Waals surface area contributed by atoms with Gasteiger partial charge in [0.1, 0.15) is 0 Å². The largest absolute Gasteiger partial charge is 0.378 e. The lowest BCUT2D eigenvalue weighted by atomic mass is 10.1. The van der Waals surface area contributed by atoms with Gasteiger partial charge in [-0.3, -0.25) is 20.2 Å². The van der Waals surface area contributed by atoms with Gasteiger partial charge < -0.3 is 9.64 Å². The van der Waals surface area contributed by atoms with Crippen molar-refractivity contribution in [1.29, 1.82) is 0 Å².